The van der Waals surface area contributed by atoms with E-state index >= 15 is 0 Å². The molecule has 0 saturated carbocycles. The van der Waals surface area contributed by atoms with Crippen LogP contribution in [0.25, 0.3) is 10.8 Å². The first kappa shape index (κ1) is 15.5. The molecule has 0 bridgehead atoms. The second kappa shape index (κ2) is 5.64. The molecule has 3 rings (SSSR count). The van der Waals surface area contributed by atoms with Gasteiger partial charge < -0.3 is 4.90 Å². The fourth-order valence-electron chi connectivity index (χ4n) is 2.94. The van der Waals surface area contributed by atoms with Crippen LogP contribution in [0.15, 0.2) is 40.9 Å². The standard InChI is InChI=1S/C15H15BrN2O3S/c16-13-5-6-14(12-4-2-1-3-11(12)13)18-8-10(7-15(18)19)9-22(17,20)21/h1-6,10H,7-9H2,(H2,17,20,21). The van der Waals surface area contributed by atoms with E-state index in [-0.39, 0.29) is 24.0 Å². The highest BCUT2D eigenvalue weighted by Gasteiger charge is 2.33. The largest absolute Gasteiger partial charge is 0.311 e. The Hall–Kier alpha value is -1.44. The van der Waals surface area contributed by atoms with Crippen molar-refractivity contribution < 1.29 is 13.2 Å². The van der Waals surface area contributed by atoms with Crippen LogP contribution in [0, 0.1) is 5.92 Å². The second-order valence-electron chi connectivity index (χ2n) is 5.52. The molecule has 1 aliphatic heterocycles. The van der Waals surface area contributed by atoms with Crippen molar-refractivity contribution in [2.24, 2.45) is 11.1 Å². The van der Waals surface area contributed by atoms with Gasteiger partial charge in [-0.3, -0.25) is 4.79 Å². The molecule has 0 radical (unpaired) electrons. The molecule has 0 aliphatic carbocycles. The zero-order valence-corrected chi connectivity index (χ0v) is 14.1. The van der Waals surface area contributed by atoms with Crippen LogP contribution >= 0.6 is 15.9 Å². The highest BCUT2D eigenvalue weighted by Crippen LogP contribution is 2.35. The van der Waals surface area contributed by atoms with Gasteiger partial charge in [0.25, 0.3) is 0 Å². The average Bonchev–Trinajstić information content (AvgIpc) is 2.78. The summed E-state index contributed by atoms with van der Waals surface area (Å²) in [5.74, 6) is -0.491. The van der Waals surface area contributed by atoms with Crippen LogP contribution in [0.5, 0.6) is 0 Å². The van der Waals surface area contributed by atoms with Gasteiger partial charge in [0.1, 0.15) is 0 Å². The van der Waals surface area contributed by atoms with Gasteiger partial charge in [-0.05, 0) is 17.5 Å². The fourth-order valence-corrected chi connectivity index (χ4v) is 4.29. The third kappa shape index (κ3) is 3.02. The van der Waals surface area contributed by atoms with Crippen molar-refractivity contribution in [1.82, 2.24) is 0 Å². The van der Waals surface area contributed by atoms with E-state index in [0.717, 1.165) is 20.9 Å². The number of amides is 1. The summed E-state index contributed by atoms with van der Waals surface area (Å²) in [6, 6.07) is 11.6. The quantitative estimate of drug-likeness (QED) is 0.883. The van der Waals surface area contributed by atoms with Crippen LogP contribution in [0.1, 0.15) is 6.42 Å². The lowest BCUT2D eigenvalue weighted by molar-refractivity contribution is -0.117. The van der Waals surface area contributed by atoms with Crippen molar-refractivity contribution in [2.45, 2.75) is 6.42 Å². The van der Waals surface area contributed by atoms with Crippen molar-refractivity contribution in [1.29, 1.82) is 0 Å². The maximum absolute atomic E-state index is 12.3. The van der Waals surface area contributed by atoms with Crippen molar-refractivity contribution in [3.05, 3.63) is 40.9 Å². The first-order valence-corrected chi connectivity index (χ1v) is 9.34. The van der Waals surface area contributed by atoms with E-state index in [4.69, 9.17) is 5.14 Å². The summed E-state index contributed by atoms with van der Waals surface area (Å²) in [5.41, 5.74) is 0.806. The van der Waals surface area contributed by atoms with Crippen molar-refractivity contribution in [2.75, 3.05) is 17.2 Å². The summed E-state index contributed by atoms with van der Waals surface area (Å²) in [6.07, 6.45) is 0.209. The lowest BCUT2D eigenvalue weighted by Gasteiger charge is -2.19. The lowest BCUT2D eigenvalue weighted by Crippen LogP contribution is -2.27. The zero-order valence-electron chi connectivity index (χ0n) is 11.7. The Labute approximate surface area is 137 Å². The van der Waals surface area contributed by atoms with Gasteiger partial charge in [0.05, 0.1) is 11.4 Å². The number of primary sulfonamides is 1. The molecular formula is C15H15BrN2O3S. The Morgan fingerprint density at radius 2 is 1.86 bits per heavy atom. The number of benzene rings is 2. The van der Waals surface area contributed by atoms with Gasteiger partial charge in [-0.1, -0.05) is 40.2 Å². The number of nitrogens with zero attached hydrogens (tertiary/aromatic N) is 1. The molecule has 0 aromatic heterocycles. The van der Waals surface area contributed by atoms with E-state index < -0.39 is 10.0 Å². The number of carbonyl (C=O) groups is 1. The Balaban J connectivity index is 1.98. The molecular weight excluding hydrogens is 368 g/mol. The molecule has 1 unspecified atom stereocenters. The third-order valence-corrected chi connectivity index (χ3v) is 5.44. The van der Waals surface area contributed by atoms with Crippen molar-refractivity contribution in [3.8, 4) is 0 Å². The highest BCUT2D eigenvalue weighted by molar-refractivity contribution is 9.10. The molecule has 1 heterocycles. The third-order valence-electron chi connectivity index (χ3n) is 3.81. The SMILES string of the molecule is NS(=O)(=O)CC1CC(=O)N(c2ccc(Br)c3ccccc23)C1. The molecule has 7 heteroatoms. The molecule has 1 amide bonds. The number of halogens is 1. The minimum Gasteiger partial charge on any atom is -0.311 e. The van der Waals surface area contributed by atoms with Gasteiger partial charge in [-0.15, -0.1) is 0 Å². The monoisotopic (exact) mass is 382 g/mol. The van der Waals surface area contributed by atoms with Crippen LogP contribution in [0.2, 0.25) is 0 Å². The summed E-state index contributed by atoms with van der Waals surface area (Å²) in [6.45, 7) is 0.376. The summed E-state index contributed by atoms with van der Waals surface area (Å²) in [4.78, 5) is 13.9. The molecule has 1 atom stereocenters. The molecule has 5 nitrogen and oxygen atoms in total. The second-order valence-corrected chi connectivity index (χ2v) is 8.03. The van der Waals surface area contributed by atoms with Crippen LogP contribution in [0.4, 0.5) is 5.69 Å². The minimum atomic E-state index is -3.57. The normalized spacial score (nSPS) is 19.1. The van der Waals surface area contributed by atoms with Gasteiger partial charge in [-0.2, -0.15) is 0 Å². The summed E-state index contributed by atoms with van der Waals surface area (Å²) < 4.78 is 23.4. The first-order valence-electron chi connectivity index (χ1n) is 6.83. The van der Waals surface area contributed by atoms with Gasteiger partial charge in [0, 0.05) is 28.7 Å². The fraction of sp³-hybridized carbons (Fsp3) is 0.267. The van der Waals surface area contributed by atoms with Crippen molar-refractivity contribution in [3.63, 3.8) is 0 Å². The molecule has 1 aliphatic rings. The Morgan fingerprint density at radius 3 is 2.55 bits per heavy atom. The molecule has 116 valence electrons. The molecule has 2 N–H and O–H groups in total. The number of carbonyl (C=O) groups excluding carboxylic acids is 1. The van der Waals surface area contributed by atoms with E-state index in [1.54, 1.807) is 4.90 Å². The Morgan fingerprint density at radius 1 is 1.18 bits per heavy atom. The summed E-state index contributed by atoms with van der Waals surface area (Å²) >= 11 is 3.51. The number of sulfonamides is 1. The molecule has 1 saturated heterocycles. The Bertz CT molecular complexity index is 851. The molecule has 22 heavy (non-hydrogen) atoms. The molecule has 2 aromatic rings. The predicted octanol–water partition coefficient (Wildman–Crippen LogP) is 2.24. The number of fused-ring (bicyclic) bond motifs is 1. The smallest absolute Gasteiger partial charge is 0.227 e. The zero-order chi connectivity index (χ0) is 15.9. The maximum Gasteiger partial charge on any atom is 0.227 e. The minimum absolute atomic E-state index is 0.0684. The maximum atomic E-state index is 12.3. The van der Waals surface area contributed by atoms with Gasteiger partial charge in [0.2, 0.25) is 15.9 Å². The highest BCUT2D eigenvalue weighted by atomic mass is 79.9. The van der Waals surface area contributed by atoms with E-state index in [0.29, 0.717) is 6.54 Å². The predicted molar refractivity (Wildman–Crippen MR) is 90.1 cm³/mol. The number of hydrogen-bond donors (Lipinski definition) is 1. The Kier molecular flexibility index (Phi) is 3.96. The first-order chi connectivity index (χ1) is 10.3. The number of anilines is 1. The van der Waals surface area contributed by atoms with Gasteiger partial charge >= 0.3 is 0 Å². The lowest BCUT2D eigenvalue weighted by atomic mass is 10.1. The number of rotatable bonds is 3. The van der Waals surface area contributed by atoms with Crippen molar-refractivity contribution >= 4 is 48.3 Å². The van der Waals surface area contributed by atoms with Crippen LogP contribution < -0.4 is 10.0 Å². The average molecular weight is 383 g/mol. The van der Waals surface area contributed by atoms with E-state index in [2.05, 4.69) is 15.9 Å². The van der Waals surface area contributed by atoms with Gasteiger partial charge in [0.15, 0.2) is 0 Å². The topological polar surface area (TPSA) is 80.5 Å². The molecule has 2 aromatic carbocycles. The molecule has 0 spiro atoms. The van der Waals surface area contributed by atoms with Gasteiger partial charge in [-0.25, -0.2) is 13.6 Å². The molecule has 1 fully saturated rings. The van der Waals surface area contributed by atoms with Crippen LogP contribution in [0.3, 0.4) is 0 Å². The number of hydrogen-bond acceptors (Lipinski definition) is 3. The van der Waals surface area contributed by atoms with E-state index in [9.17, 15) is 13.2 Å². The van der Waals surface area contributed by atoms with Crippen LogP contribution in [-0.4, -0.2) is 26.6 Å². The van der Waals surface area contributed by atoms with Crippen LogP contribution in [-0.2, 0) is 14.8 Å². The van der Waals surface area contributed by atoms with E-state index in [1.165, 1.54) is 0 Å². The summed E-state index contributed by atoms with van der Waals surface area (Å²) in [7, 11) is -3.57. The number of nitrogens with two attached hydrogens (primary N) is 1. The van der Waals surface area contributed by atoms with E-state index in [1.807, 2.05) is 36.4 Å². The summed E-state index contributed by atoms with van der Waals surface area (Å²) in [5, 5.41) is 7.07.